The maximum absolute atomic E-state index is 2.33. The molecule has 0 radical (unpaired) electrons. The van der Waals surface area contributed by atoms with Crippen molar-refractivity contribution in [3.8, 4) is 22.3 Å². The van der Waals surface area contributed by atoms with Gasteiger partial charge >= 0.3 is 0 Å². The van der Waals surface area contributed by atoms with E-state index in [-0.39, 0.29) is 0 Å². The molecule has 0 amide bonds. The van der Waals surface area contributed by atoms with Crippen molar-refractivity contribution >= 4 is 21.5 Å². The highest BCUT2D eigenvalue weighted by atomic mass is 14.2. The maximum atomic E-state index is 2.33. The zero-order valence-electron chi connectivity index (χ0n) is 19.3. The SMILES string of the molecule is Cc1ccc2ccccc2c1-c1ccc2ccccc2c1-c1ccccc1Cc1ccccc1. The predicted octanol–water partition coefficient (Wildman–Crippen LogP) is 9.23. The molecule has 6 aromatic rings. The highest BCUT2D eigenvalue weighted by Crippen LogP contribution is 2.43. The molecular formula is C34H26. The topological polar surface area (TPSA) is 0 Å². The third-order valence-corrected chi connectivity index (χ3v) is 6.86. The fourth-order valence-electron chi connectivity index (χ4n) is 5.24. The van der Waals surface area contributed by atoms with Crippen LogP contribution in [0, 0.1) is 6.92 Å². The second-order valence-electron chi connectivity index (χ2n) is 9.01. The minimum atomic E-state index is 0.911. The third-order valence-electron chi connectivity index (χ3n) is 6.86. The minimum absolute atomic E-state index is 0.911. The van der Waals surface area contributed by atoms with E-state index in [1.807, 2.05) is 0 Å². The number of rotatable bonds is 4. The van der Waals surface area contributed by atoms with E-state index in [9.17, 15) is 0 Å². The molecule has 0 atom stereocenters. The summed E-state index contributed by atoms with van der Waals surface area (Å²) in [5.74, 6) is 0. The van der Waals surface area contributed by atoms with Crippen molar-refractivity contribution in [3.05, 3.63) is 144 Å². The van der Waals surface area contributed by atoms with Gasteiger partial charge in [0.1, 0.15) is 0 Å². The van der Waals surface area contributed by atoms with Gasteiger partial charge in [0.2, 0.25) is 0 Å². The normalized spacial score (nSPS) is 11.2. The number of hydrogen-bond acceptors (Lipinski definition) is 0. The quantitative estimate of drug-likeness (QED) is 0.259. The van der Waals surface area contributed by atoms with Crippen LogP contribution >= 0.6 is 0 Å². The third kappa shape index (κ3) is 3.58. The van der Waals surface area contributed by atoms with Crippen molar-refractivity contribution in [2.24, 2.45) is 0 Å². The molecule has 0 aromatic heterocycles. The Morgan fingerprint density at radius 2 is 1.03 bits per heavy atom. The van der Waals surface area contributed by atoms with E-state index in [2.05, 4.69) is 134 Å². The fraction of sp³-hybridized carbons (Fsp3) is 0.0588. The summed E-state index contributed by atoms with van der Waals surface area (Å²) in [6, 6.07) is 46.3. The van der Waals surface area contributed by atoms with Crippen molar-refractivity contribution in [2.45, 2.75) is 13.3 Å². The number of aryl methyl sites for hydroxylation is 1. The summed E-state index contributed by atoms with van der Waals surface area (Å²) in [6.45, 7) is 2.23. The van der Waals surface area contributed by atoms with Gasteiger partial charge in [0.25, 0.3) is 0 Å². The lowest BCUT2D eigenvalue weighted by Gasteiger charge is -2.20. The van der Waals surface area contributed by atoms with E-state index in [1.54, 1.807) is 0 Å². The van der Waals surface area contributed by atoms with E-state index in [0.717, 1.165) is 6.42 Å². The largest absolute Gasteiger partial charge is 0.0622 e. The predicted molar refractivity (Wildman–Crippen MR) is 146 cm³/mol. The van der Waals surface area contributed by atoms with Crippen molar-refractivity contribution in [1.82, 2.24) is 0 Å². The molecule has 6 rings (SSSR count). The van der Waals surface area contributed by atoms with E-state index in [1.165, 1.54) is 60.5 Å². The van der Waals surface area contributed by atoms with Crippen LogP contribution < -0.4 is 0 Å². The zero-order valence-corrected chi connectivity index (χ0v) is 19.3. The van der Waals surface area contributed by atoms with Crippen LogP contribution in [0.1, 0.15) is 16.7 Å². The minimum Gasteiger partial charge on any atom is -0.0622 e. The van der Waals surface area contributed by atoms with Crippen LogP contribution in [0.15, 0.2) is 127 Å². The summed E-state index contributed by atoms with van der Waals surface area (Å²) >= 11 is 0. The second-order valence-corrected chi connectivity index (χ2v) is 9.01. The van der Waals surface area contributed by atoms with E-state index < -0.39 is 0 Å². The van der Waals surface area contributed by atoms with Gasteiger partial charge in [-0.05, 0) is 73.8 Å². The van der Waals surface area contributed by atoms with Gasteiger partial charge in [-0.3, -0.25) is 0 Å². The van der Waals surface area contributed by atoms with Gasteiger partial charge in [0, 0.05) is 0 Å². The fourth-order valence-corrected chi connectivity index (χ4v) is 5.24. The van der Waals surface area contributed by atoms with E-state index >= 15 is 0 Å². The highest BCUT2D eigenvalue weighted by Gasteiger charge is 2.18. The zero-order chi connectivity index (χ0) is 22.9. The van der Waals surface area contributed by atoms with Gasteiger partial charge in [-0.15, -0.1) is 0 Å². The molecule has 0 saturated carbocycles. The molecule has 6 aromatic carbocycles. The Balaban J connectivity index is 1.68. The van der Waals surface area contributed by atoms with Gasteiger partial charge in [0.05, 0.1) is 0 Å². The lowest BCUT2D eigenvalue weighted by Crippen LogP contribution is -1.96. The molecule has 0 saturated heterocycles. The second kappa shape index (κ2) is 8.65. The van der Waals surface area contributed by atoms with Crippen LogP contribution in [-0.4, -0.2) is 0 Å². The smallest absolute Gasteiger partial charge is 0.00196 e. The van der Waals surface area contributed by atoms with E-state index in [4.69, 9.17) is 0 Å². The summed E-state index contributed by atoms with van der Waals surface area (Å²) in [4.78, 5) is 0. The Bertz CT molecular complexity index is 1620. The Morgan fingerprint density at radius 1 is 0.441 bits per heavy atom. The average molecular weight is 435 g/mol. The number of fused-ring (bicyclic) bond motifs is 2. The van der Waals surface area contributed by atoms with Crippen molar-refractivity contribution in [2.75, 3.05) is 0 Å². The molecule has 0 unspecified atom stereocenters. The Hall–Kier alpha value is -4.16. The first-order chi connectivity index (χ1) is 16.8. The summed E-state index contributed by atoms with van der Waals surface area (Å²) in [6.07, 6.45) is 0.911. The van der Waals surface area contributed by atoms with Crippen LogP contribution in [0.4, 0.5) is 0 Å². The molecular weight excluding hydrogens is 408 g/mol. The molecule has 0 heteroatoms. The summed E-state index contributed by atoms with van der Waals surface area (Å²) < 4.78 is 0. The molecule has 0 aliphatic heterocycles. The van der Waals surface area contributed by atoms with Crippen molar-refractivity contribution < 1.29 is 0 Å². The molecule has 0 fully saturated rings. The number of hydrogen-bond donors (Lipinski definition) is 0. The first kappa shape index (κ1) is 20.4. The molecule has 34 heavy (non-hydrogen) atoms. The molecule has 0 heterocycles. The van der Waals surface area contributed by atoms with Gasteiger partial charge in [-0.2, -0.15) is 0 Å². The molecule has 0 nitrogen and oxygen atoms in total. The summed E-state index contributed by atoms with van der Waals surface area (Å²) in [5, 5.41) is 5.15. The van der Waals surface area contributed by atoms with Crippen LogP contribution in [0.3, 0.4) is 0 Å². The molecule has 0 spiro atoms. The van der Waals surface area contributed by atoms with Gasteiger partial charge in [-0.1, -0.05) is 127 Å². The van der Waals surface area contributed by atoms with Crippen LogP contribution in [0.2, 0.25) is 0 Å². The van der Waals surface area contributed by atoms with Crippen molar-refractivity contribution in [3.63, 3.8) is 0 Å². The van der Waals surface area contributed by atoms with Crippen LogP contribution in [0.25, 0.3) is 43.8 Å². The highest BCUT2D eigenvalue weighted by molar-refractivity contribution is 6.09. The summed E-state index contributed by atoms with van der Waals surface area (Å²) in [7, 11) is 0. The lowest BCUT2D eigenvalue weighted by atomic mass is 9.84. The van der Waals surface area contributed by atoms with Crippen LogP contribution in [-0.2, 0) is 6.42 Å². The van der Waals surface area contributed by atoms with Gasteiger partial charge in [-0.25, -0.2) is 0 Å². The van der Waals surface area contributed by atoms with E-state index in [0.29, 0.717) is 0 Å². The molecule has 0 aliphatic rings. The molecule has 0 N–H and O–H groups in total. The van der Waals surface area contributed by atoms with Crippen LogP contribution in [0.5, 0.6) is 0 Å². The molecule has 0 bridgehead atoms. The summed E-state index contributed by atoms with van der Waals surface area (Å²) in [5.41, 5.74) is 9.24. The monoisotopic (exact) mass is 434 g/mol. The molecule has 162 valence electrons. The Labute approximate surface area is 201 Å². The lowest BCUT2D eigenvalue weighted by molar-refractivity contribution is 1.20. The van der Waals surface area contributed by atoms with Crippen molar-refractivity contribution in [1.29, 1.82) is 0 Å². The number of benzene rings is 6. The first-order valence-corrected chi connectivity index (χ1v) is 11.9. The molecule has 0 aliphatic carbocycles. The standard InChI is InChI=1S/C34H26/c1-24-19-20-26-13-5-8-16-29(26)33(24)32-22-21-27-14-6-9-17-30(27)34(32)31-18-10-7-15-28(31)23-25-11-3-2-4-12-25/h2-22H,23H2,1H3. The van der Waals surface area contributed by atoms with Gasteiger partial charge in [0.15, 0.2) is 0 Å². The van der Waals surface area contributed by atoms with Gasteiger partial charge < -0.3 is 0 Å². The Morgan fingerprint density at radius 3 is 1.79 bits per heavy atom. The average Bonchev–Trinajstić information content (AvgIpc) is 2.89. The first-order valence-electron chi connectivity index (χ1n) is 11.9. The maximum Gasteiger partial charge on any atom is -0.00196 e. The Kier molecular flexibility index (Phi) is 5.20.